The summed E-state index contributed by atoms with van der Waals surface area (Å²) in [6.07, 6.45) is -0.477. The molecule has 16 heavy (non-hydrogen) atoms. The quantitative estimate of drug-likeness (QED) is 0.546. The molecule has 0 aliphatic rings. The zero-order valence-corrected chi connectivity index (χ0v) is 10.6. The molecule has 0 bridgehead atoms. The number of carbonyl (C=O) groups is 1. The van der Waals surface area contributed by atoms with E-state index in [-0.39, 0.29) is 24.7 Å². The molecule has 5 heteroatoms. The molecule has 2 atom stereocenters. The van der Waals surface area contributed by atoms with Crippen LogP contribution in [0.2, 0.25) is 0 Å². The van der Waals surface area contributed by atoms with Crippen LogP contribution < -0.4 is 10.6 Å². The van der Waals surface area contributed by atoms with Crippen LogP contribution in [0.15, 0.2) is 0 Å². The fourth-order valence-electron chi connectivity index (χ4n) is 1.10. The van der Waals surface area contributed by atoms with Gasteiger partial charge in [-0.05, 0) is 27.7 Å². The van der Waals surface area contributed by atoms with E-state index >= 15 is 0 Å². The highest BCUT2D eigenvalue weighted by atomic mass is 16.5. The van der Waals surface area contributed by atoms with Crippen molar-refractivity contribution in [3.63, 3.8) is 0 Å². The lowest BCUT2D eigenvalue weighted by atomic mass is 10.3. The minimum atomic E-state index is -0.584. The van der Waals surface area contributed by atoms with Gasteiger partial charge in [0.2, 0.25) is 5.91 Å². The van der Waals surface area contributed by atoms with Crippen molar-refractivity contribution in [2.75, 3.05) is 19.7 Å². The summed E-state index contributed by atoms with van der Waals surface area (Å²) in [5, 5.41) is 15.2. The first kappa shape index (κ1) is 15.3. The van der Waals surface area contributed by atoms with E-state index in [4.69, 9.17) is 4.74 Å². The number of amides is 1. The molecule has 0 aliphatic heterocycles. The standard InChI is InChI=1S/C11H24N2O3/c1-5-12-11(15)9(4)13-6-10(14)7-16-8(2)3/h8-10,13-14H,5-7H2,1-4H3,(H,12,15). The minimum absolute atomic E-state index is 0.0560. The number of rotatable bonds is 8. The van der Waals surface area contributed by atoms with Crippen molar-refractivity contribution in [1.29, 1.82) is 0 Å². The molecule has 0 aromatic rings. The van der Waals surface area contributed by atoms with Crippen LogP contribution in [-0.4, -0.2) is 49.0 Å². The number of hydrogen-bond acceptors (Lipinski definition) is 4. The Hall–Kier alpha value is -0.650. The summed E-state index contributed by atoms with van der Waals surface area (Å²) in [4.78, 5) is 11.3. The van der Waals surface area contributed by atoms with Gasteiger partial charge in [-0.1, -0.05) is 0 Å². The van der Waals surface area contributed by atoms with Gasteiger partial charge in [-0.2, -0.15) is 0 Å². The van der Waals surface area contributed by atoms with Crippen LogP contribution in [0.3, 0.4) is 0 Å². The molecule has 3 N–H and O–H groups in total. The highest BCUT2D eigenvalue weighted by Gasteiger charge is 2.13. The molecule has 0 saturated heterocycles. The van der Waals surface area contributed by atoms with Crippen molar-refractivity contribution in [1.82, 2.24) is 10.6 Å². The number of aliphatic hydroxyl groups excluding tert-OH is 1. The Kier molecular flexibility index (Phi) is 8.15. The summed E-state index contributed by atoms with van der Waals surface area (Å²) in [5.41, 5.74) is 0. The van der Waals surface area contributed by atoms with Crippen LogP contribution in [0.25, 0.3) is 0 Å². The van der Waals surface area contributed by atoms with Crippen molar-refractivity contribution in [2.45, 2.75) is 45.9 Å². The summed E-state index contributed by atoms with van der Waals surface area (Å²) in [6.45, 7) is 8.72. The third kappa shape index (κ3) is 7.62. The Bertz CT molecular complexity index is 198. The van der Waals surface area contributed by atoms with Crippen LogP contribution in [0.4, 0.5) is 0 Å². The zero-order chi connectivity index (χ0) is 12.6. The average Bonchev–Trinajstić information content (AvgIpc) is 2.23. The largest absolute Gasteiger partial charge is 0.389 e. The molecule has 1 amide bonds. The molecular weight excluding hydrogens is 208 g/mol. The molecule has 96 valence electrons. The van der Waals surface area contributed by atoms with Gasteiger partial charge in [0.25, 0.3) is 0 Å². The predicted molar refractivity (Wildman–Crippen MR) is 63.2 cm³/mol. The van der Waals surface area contributed by atoms with Gasteiger partial charge in [-0.15, -0.1) is 0 Å². The highest BCUT2D eigenvalue weighted by molar-refractivity contribution is 5.81. The fourth-order valence-corrected chi connectivity index (χ4v) is 1.10. The van der Waals surface area contributed by atoms with Gasteiger partial charge in [0.05, 0.1) is 24.9 Å². The Morgan fingerprint density at radius 1 is 1.38 bits per heavy atom. The number of ether oxygens (including phenoxy) is 1. The fraction of sp³-hybridized carbons (Fsp3) is 0.909. The Balaban J connectivity index is 3.65. The lowest BCUT2D eigenvalue weighted by Crippen LogP contribution is -2.45. The lowest BCUT2D eigenvalue weighted by Gasteiger charge is -2.17. The second-order valence-electron chi connectivity index (χ2n) is 4.06. The summed E-state index contributed by atoms with van der Waals surface area (Å²) >= 11 is 0. The minimum Gasteiger partial charge on any atom is -0.389 e. The summed E-state index contributed by atoms with van der Waals surface area (Å²) in [6, 6.07) is -0.298. The summed E-state index contributed by atoms with van der Waals surface area (Å²) in [7, 11) is 0. The van der Waals surface area contributed by atoms with Gasteiger partial charge in [0, 0.05) is 13.1 Å². The van der Waals surface area contributed by atoms with Crippen LogP contribution in [-0.2, 0) is 9.53 Å². The van der Waals surface area contributed by atoms with E-state index in [0.29, 0.717) is 13.1 Å². The number of nitrogens with one attached hydrogen (secondary N) is 2. The molecular formula is C11H24N2O3. The predicted octanol–water partition coefficient (Wildman–Crippen LogP) is -0.113. The summed E-state index contributed by atoms with van der Waals surface area (Å²) in [5.74, 6) is -0.0560. The van der Waals surface area contributed by atoms with Crippen molar-refractivity contribution in [3.05, 3.63) is 0 Å². The molecule has 2 unspecified atom stereocenters. The first-order valence-corrected chi connectivity index (χ1v) is 5.78. The Morgan fingerprint density at radius 3 is 2.50 bits per heavy atom. The molecule has 0 aromatic heterocycles. The van der Waals surface area contributed by atoms with E-state index in [0.717, 1.165) is 0 Å². The average molecular weight is 232 g/mol. The molecule has 0 radical (unpaired) electrons. The van der Waals surface area contributed by atoms with E-state index in [1.807, 2.05) is 20.8 Å². The molecule has 0 spiro atoms. The van der Waals surface area contributed by atoms with Crippen molar-refractivity contribution < 1.29 is 14.6 Å². The maximum absolute atomic E-state index is 11.3. The topological polar surface area (TPSA) is 70.6 Å². The number of likely N-dealkylation sites (N-methyl/N-ethyl adjacent to an activating group) is 1. The SMILES string of the molecule is CCNC(=O)C(C)NCC(O)COC(C)C. The monoisotopic (exact) mass is 232 g/mol. The first-order valence-electron chi connectivity index (χ1n) is 5.78. The first-order chi connectivity index (χ1) is 7.47. The Morgan fingerprint density at radius 2 is 2.00 bits per heavy atom. The molecule has 0 heterocycles. The molecule has 0 fully saturated rings. The number of carbonyl (C=O) groups excluding carboxylic acids is 1. The van der Waals surface area contributed by atoms with Gasteiger partial charge in [0.15, 0.2) is 0 Å². The highest BCUT2D eigenvalue weighted by Crippen LogP contribution is 1.91. The van der Waals surface area contributed by atoms with Gasteiger partial charge in [-0.25, -0.2) is 0 Å². The van der Waals surface area contributed by atoms with E-state index < -0.39 is 6.10 Å². The molecule has 5 nitrogen and oxygen atoms in total. The van der Waals surface area contributed by atoms with E-state index in [9.17, 15) is 9.90 Å². The van der Waals surface area contributed by atoms with Gasteiger partial charge < -0.3 is 20.5 Å². The van der Waals surface area contributed by atoms with Crippen LogP contribution >= 0.6 is 0 Å². The number of aliphatic hydroxyl groups is 1. The molecule has 0 saturated carbocycles. The third-order valence-corrected chi connectivity index (χ3v) is 2.03. The Labute approximate surface area is 97.6 Å². The van der Waals surface area contributed by atoms with Crippen LogP contribution in [0.1, 0.15) is 27.7 Å². The van der Waals surface area contributed by atoms with Crippen molar-refractivity contribution in [2.24, 2.45) is 0 Å². The van der Waals surface area contributed by atoms with Gasteiger partial charge in [0.1, 0.15) is 0 Å². The second kappa shape index (κ2) is 8.50. The maximum atomic E-state index is 11.3. The van der Waals surface area contributed by atoms with E-state index in [1.165, 1.54) is 0 Å². The van der Waals surface area contributed by atoms with Gasteiger partial charge >= 0.3 is 0 Å². The zero-order valence-electron chi connectivity index (χ0n) is 10.6. The lowest BCUT2D eigenvalue weighted by molar-refractivity contribution is -0.122. The molecule has 0 aliphatic carbocycles. The van der Waals surface area contributed by atoms with Crippen molar-refractivity contribution >= 4 is 5.91 Å². The van der Waals surface area contributed by atoms with E-state index in [1.54, 1.807) is 6.92 Å². The van der Waals surface area contributed by atoms with Crippen molar-refractivity contribution in [3.8, 4) is 0 Å². The van der Waals surface area contributed by atoms with E-state index in [2.05, 4.69) is 10.6 Å². The number of hydrogen-bond donors (Lipinski definition) is 3. The maximum Gasteiger partial charge on any atom is 0.236 e. The van der Waals surface area contributed by atoms with Crippen LogP contribution in [0, 0.1) is 0 Å². The van der Waals surface area contributed by atoms with Gasteiger partial charge in [-0.3, -0.25) is 4.79 Å². The second-order valence-corrected chi connectivity index (χ2v) is 4.06. The smallest absolute Gasteiger partial charge is 0.236 e. The van der Waals surface area contributed by atoms with Crippen LogP contribution in [0.5, 0.6) is 0 Å². The molecule has 0 rings (SSSR count). The summed E-state index contributed by atoms with van der Waals surface area (Å²) < 4.78 is 5.25. The third-order valence-electron chi connectivity index (χ3n) is 2.03. The molecule has 0 aromatic carbocycles. The normalized spacial score (nSPS) is 14.9.